The largest absolute Gasteiger partial charge is 0.451 e. The van der Waals surface area contributed by atoms with E-state index in [2.05, 4.69) is 41.6 Å². The van der Waals surface area contributed by atoms with Gasteiger partial charge in [-0.25, -0.2) is 4.98 Å². The Hall–Kier alpha value is -3.65. The molecule has 6 nitrogen and oxygen atoms in total. The maximum atomic E-state index is 12.6. The van der Waals surface area contributed by atoms with E-state index in [1.54, 1.807) is 30.3 Å². The molecular formula is C29H23Cl2N3O3S. The third kappa shape index (κ3) is 5.60. The van der Waals surface area contributed by atoms with Gasteiger partial charge in [0.25, 0.3) is 5.91 Å². The minimum atomic E-state index is -0.494. The number of carbonyl (C=O) groups is 1. The van der Waals surface area contributed by atoms with Crippen LogP contribution in [0.2, 0.25) is 10.0 Å². The standard InChI is InChI=1S/C29H23Cl2N3O3S/c1-3-16(2)18-6-11-25-23(14-18)33-28(37-25)17-4-8-20(9-5-17)32-29(38)34-27(35)26-13-12-24(36-26)21-15-19(30)7-10-22(21)31/h4-16H,3H2,1-2H3,(H2,32,34,35,38). The predicted octanol–water partition coefficient (Wildman–Crippen LogP) is 8.70. The molecule has 0 aliphatic rings. The van der Waals surface area contributed by atoms with E-state index < -0.39 is 5.91 Å². The van der Waals surface area contributed by atoms with Crippen LogP contribution in [0.15, 0.2) is 81.6 Å². The fourth-order valence-electron chi connectivity index (χ4n) is 3.92. The van der Waals surface area contributed by atoms with Crippen molar-refractivity contribution in [1.29, 1.82) is 0 Å². The zero-order valence-electron chi connectivity index (χ0n) is 20.5. The molecule has 0 fully saturated rings. The highest BCUT2D eigenvalue weighted by Crippen LogP contribution is 2.32. The maximum Gasteiger partial charge on any atom is 0.293 e. The number of nitrogens with one attached hydrogen (secondary N) is 2. The van der Waals surface area contributed by atoms with Crippen LogP contribution in [0.3, 0.4) is 0 Å². The summed E-state index contributed by atoms with van der Waals surface area (Å²) in [7, 11) is 0. The van der Waals surface area contributed by atoms with Crippen molar-refractivity contribution in [3.8, 4) is 22.8 Å². The summed E-state index contributed by atoms with van der Waals surface area (Å²) in [4.78, 5) is 17.3. The normalized spacial score (nSPS) is 11.9. The number of hydrogen-bond acceptors (Lipinski definition) is 5. The van der Waals surface area contributed by atoms with Gasteiger partial charge in [0.05, 0.1) is 5.02 Å². The summed E-state index contributed by atoms with van der Waals surface area (Å²) in [6.07, 6.45) is 1.06. The van der Waals surface area contributed by atoms with Crippen molar-refractivity contribution < 1.29 is 13.6 Å². The lowest BCUT2D eigenvalue weighted by Crippen LogP contribution is -2.33. The Morgan fingerprint density at radius 2 is 1.79 bits per heavy atom. The van der Waals surface area contributed by atoms with Gasteiger partial charge in [0.15, 0.2) is 16.5 Å². The average Bonchev–Trinajstić information content (AvgIpc) is 3.57. The lowest BCUT2D eigenvalue weighted by Gasteiger charge is -2.09. The highest BCUT2D eigenvalue weighted by molar-refractivity contribution is 7.80. The number of aromatic nitrogens is 1. The lowest BCUT2D eigenvalue weighted by molar-refractivity contribution is 0.0951. The number of oxazole rings is 1. The maximum absolute atomic E-state index is 12.6. The Morgan fingerprint density at radius 1 is 1.00 bits per heavy atom. The topological polar surface area (TPSA) is 80.3 Å². The smallest absolute Gasteiger partial charge is 0.293 e. The molecule has 9 heteroatoms. The minimum absolute atomic E-state index is 0.0861. The fraction of sp³-hybridized carbons (Fsp3) is 0.138. The van der Waals surface area contributed by atoms with Crippen LogP contribution in [0.25, 0.3) is 33.9 Å². The van der Waals surface area contributed by atoms with Gasteiger partial charge in [-0.2, -0.15) is 0 Å². The SMILES string of the molecule is CCC(C)c1ccc2oc(-c3ccc(NC(=S)NC(=O)c4ccc(-c5cc(Cl)ccc5Cl)o4)cc3)nc2c1. The van der Waals surface area contributed by atoms with Crippen molar-refractivity contribution in [3.63, 3.8) is 0 Å². The number of anilines is 1. The molecule has 0 radical (unpaired) electrons. The van der Waals surface area contributed by atoms with Crippen LogP contribution in [-0.2, 0) is 0 Å². The van der Waals surface area contributed by atoms with Crippen molar-refractivity contribution in [2.45, 2.75) is 26.2 Å². The molecule has 2 N–H and O–H groups in total. The Labute approximate surface area is 235 Å². The van der Waals surface area contributed by atoms with Gasteiger partial charge < -0.3 is 14.2 Å². The first-order valence-electron chi connectivity index (χ1n) is 12.0. The van der Waals surface area contributed by atoms with Gasteiger partial charge in [0.1, 0.15) is 11.3 Å². The first kappa shape index (κ1) is 26.0. The van der Waals surface area contributed by atoms with E-state index in [0.29, 0.717) is 38.9 Å². The van der Waals surface area contributed by atoms with Crippen LogP contribution in [0.4, 0.5) is 5.69 Å². The van der Waals surface area contributed by atoms with Crippen LogP contribution in [0.1, 0.15) is 42.3 Å². The fourth-order valence-corrected chi connectivity index (χ4v) is 4.52. The van der Waals surface area contributed by atoms with Crippen molar-refractivity contribution >= 4 is 63.2 Å². The summed E-state index contributed by atoms with van der Waals surface area (Å²) in [5, 5.41) is 6.71. The highest BCUT2D eigenvalue weighted by atomic mass is 35.5. The molecule has 1 unspecified atom stereocenters. The molecule has 0 bridgehead atoms. The van der Waals surface area contributed by atoms with Gasteiger partial charge in [0.2, 0.25) is 5.89 Å². The second-order valence-electron chi connectivity index (χ2n) is 8.83. The van der Waals surface area contributed by atoms with E-state index in [0.717, 1.165) is 23.1 Å². The lowest BCUT2D eigenvalue weighted by atomic mass is 9.98. The van der Waals surface area contributed by atoms with Gasteiger partial charge in [-0.05, 0) is 96.9 Å². The molecule has 1 atom stereocenters. The highest BCUT2D eigenvalue weighted by Gasteiger charge is 2.16. The first-order valence-corrected chi connectivity index (χ1v) is 13.2. The summed E-state index contributed by atoms with van der Waals surface area (Å²) in [6, 6.07) is 21.8. The molecule has 5 rings (SSSR count). The number of amides is 1. The predicted molar refractivity (Wildman–Crippen MR) is 156 cm³/mol. The van der Waals surface area contributed by atoms with E-state index in [1.807, 2.05) is 30.3 Å². The van der Waals surface area contributed by atoms with Gasteiger partial charge in [-0.15, -0.1) is 0 Å². The van der Waals surface area contributed by atoms with E-state index >= 15 is 0 Å². The molecule has 2 aromatic heterocycles. The van der Waals surface area contributed by atoms with Crippen LogP contribution >= 0.6 is 35.4 Å². The van der Waals surface area contributed by atoms with Crippen molar-refractivity contribution in [2.75, 3.05) is 5.32 Å². The number of nitrogens with zero attached hydrogens (tertiary/aromatic N) is 1. The number of halogens is 2. The van der Waals surface area contributed by atoms with E-state index in [4.69, 9.17) is 44.3 Å². The van der Waals surface area contributed by atoms with Crippen LogP contribution in [0, 0.1) is 0 Å². The molecule has 0 saturated heterocycles. The summed E-state index contributed by atoms with van der Waals surface area (Å²) < 4.78 is 11.6. The second-order valence-corrected chi connectivity index (χ2v) is 10.1. The number of rotatable bonds is 6. The van der Waals surface area contributed by atoms with E-state index in [9.17, 15) is 4.79 Å². The summed E-state index contributed by atoms with van der Waals surface area (Å²) in [6.45, 7) is 4.37. The molecule has 1 amide bonds. The molecule has 38 heavy (non-hydrogen) atoms. The first-order chi connectivity index (χ1) is 18.3. The number of carbonyl (C=O) groups excluding carboxylic acids is 1. The van der Waals surface area contributed by atoms with Gasteiger partial charge >= 0.3 is 0 Å². The molecule has 0 saturated carbocycles. The third-order valence-electron chi connectivity index (χ3n) is 6.23. The van der Waals surface area contributed by atoms with Gasteiger partial charge in [0, 0.05) is 21.8 Å². The molecule has 3 aromatic carbocycles. The Bertz CT molecular complexity index is 1640. The Balaban J connectivity index is 1.23. The number of hydrogen-bond donors (Lipinski definition) is 2. The molecule has 0 aliphatic heterocycles. The Kier molecular flexibility index (Phi) is 7.51. The second kappa shape index (κ2) is 11.0. The molecular weight excluding hydrogens is 541 g/mol. The van der Waals surface area contributed by atoms with Gasteiger partial charge in [-0.3, -0.25) is 10.1 Å². The zero-order valence-corrected chi connectivity index (χ0v) is 22.9. The minimum Gasteiger partial charge on any atom is -0.451 e. The zero-order chi connectivity index (χ0) is 26.8. The number of benzene rings is 3. The summed E-state index contributed by atoms with van der Waals surface area (Å²) >= 11 is 17.6. The number of fused-ring (bicyclic) bond motifs is 1. The molecule has 0 spiro atoms. The quantitative estimate of drug-likeness (QED) is 0.201. The number of furan rings is 1. The number of thiocarbonyl (C=S) groups is 1. The van der Waals surface area contributed by atoms with Crippen LogP contribution < -0.4 is 10.6 Å². The summed E-state index contributed by atoms with van der Waals surface area (Å²) in [5.41, 5.74) is 4.94. The molecule has 192 valence electrons. The summed E-state index contributed by atoms with van der Waals surface area (Å²) in [5.74, 6) is 1.02. The molecule has 2 heterocycles. The van der Waals surface area contributed by atoms with Crippen LogP contribution in [-0.4, -0.2) is 16.0 Å². The van der Waals surface area contributed by atoms with Crippen molar-refractivity contribution in [2.24, 2.45) is 0 Å². The molecule has 0 aliphatic carbocycles. The molecule has 5 aromatic rings. The van der Waals surface area contributed by atoms with Crippen molar-refractivity contribution in [1.82, 2.24) is 10.3 Å². The van der Waals surface area contributed by atoms with Crippen LogP contribution in [0.5, 0.6) is 0 Å². The van der Waals surface area contributed by atoms with Crippen molar-refractivity contribution in [3.05, 3.63) is 94.2 Å². The monoisotopic (exact) mass is 563 g/mol. The van der Waals surface area contributed by atoms with E-state index in [1.165, 1.54) is 5.56 Å². The average molecular weight is 564 g/mol. The Morgan fingerprint density at radius 3 is 2.55 bits per heavy atom. The van der Waals surface area contributed by atoms with Gasteiger partial charge in [-0.1, -0.05) is 43.1 Å². The third-order valence-corrected chi connectivity index (χ3v) is 7.00. The van der Waals surface area contributed by atoms with E-state index in [-0.39, 0.29) is 10.9 Å².